The highest BCUT2D eigenvalue weighted by molar-refractivity contribution is 8.05. The van der Waals surface area contributed by atoms with Crippen molar-refractivity contribution in [2.24, 2.45) is 0 Å². The Balaban J connectivity index is 3.25. The van der Waals surface area contributed by atoms with E-state index in [-0.39, 0.29) is 10.4 Å². The molecule has 0 spiro atoms. The molecule has 1 rings (SSSR count). The summed E-state index contributed by atoms with van der Waals surface area (Å²) in [6.07, 6.45) is -4.85. The SMILES string of the molecule is CS(=O)(=O)NS(=O)(=O)C(F)(F)C(F)(F)C(F)(F)S(=O)(=O)N1CCN(CC(F)(F)F)CC1. The highest BCUT2D eigenvalue weighted by atomic mass is 32.3. The Morgan fingerprint density at radius 2 is 1.16 bits per heavy atom. The van der Waals surface area contributed by atoms with Crippen LogP contribution < -0.4 is 4.13 Å². The van der Waals surface area contributed by atoms with Gasteiger partial charge in [-0.3, -0.25) is 4.90 Å². The molecular weight excluding hydrogens is 525 g/mol. The van der Waals surface area contributed by atoms with Gasteiger partial charge in [0.2, 0.25) is 10.0 Å². The topological polar surface area (TPSA) is 121 Å². The third-order valence-corrected chi connectivity index (χ3v) is 8.70. The number of nitrogens with zero attached hydrogens (tertiary/aromatic N) is 2. The van der Waals surface area contributed by atoms with Crippen molar-refractivity contribution in [3.63, 3.8) is 0 Å². The van der Waals surface area contributed by atoms with Crippen molar-refractivity contribution < 1.29 is 64.8 Å². The van der Waals surface area contributed by atoms with Gasteiger partial charge in [-0.05, 0) is 0 Å². The van der Waals surface area contributed by atoms with E-state index in [2.05, 4.69) is 0 Å². The van der Waals surface area contributed by atoms with Crippen LogP contribution in [-0.2, 0) is 30.1 Å². The van der Waals surface area contributed by atoms with E-state index in [1.165, 1.54) is 0 Å². The van der Waals surface area contributed by atoms with Crippen molar-refractivity contribution in [2.75, 3.05) is 39.0 Å². The maximum absolute atomic E-state index is 14.1. The first-order valence-corrected chi connectivity index (χ1v) is 12.4. The maximum Gasteiger partial charge on any atom is 0.429 e. The van der Waals surface area contributed by atoms with E-state index in [1.54, 1.807) is 0 Å². The van der Waals surface area contributed by atoms with Gasteiger partial charge in [0.15, 0.2) is 0 Å². The summed E-state index contributed by atoms with van der Waals surface area (Å²) < 4.78 is 188. The highest BCUT2D eigenvalue weighted by Gasteiger charge is 2.82. The molecule has 0 saturated carbocycles. The zero-order valence-corrected chi connectivity index (χ0v) is 17.5. The van der Waals surface area contributed by atoms with Gasteiger partial charge in [-0.25, -0.2) is 25.3 Å². The molecule has 1 heterocycles. The van der Waals surface area contributed by atoms with E-state index < -0.39 is 89.7 Å². The number of halogens is 9. The Morgan fingerprint density at radius 1 is 0.742 bits per heavy atom. The second-order valence-electron chi connectivity index (χ2n) is 6.26. The second kappa shape index (κ2) is 8.15. The molecule has 0 aromatic heterocycles. The lowest BCUT2D eigenvalue weighted by Crippen LogP contribution is -2.66. The van der Waals surface area contributed by atoms with Crippen LogP contribution in [-0.4, -0.2) is 96.0 Å². The summed E-state index contributed by atoms with van der Waals surface area (Å²) in [4.78, 5) is 0.525. The minimum absolute atomic E-state index is 0.0319. The standard InChI is InChI=1S/C10H14F9N3O6S3/c1-29(23,24)20-30(25,26)9(16,17)8(14,15)10(18,19)31(27,28)22-4-2-21(3-5-22)6-7(11,12)13/h20H,2-6H2,1H3. The molecule has 21 heteroatoms. The number of nitrogens with one attached hydrogen (secondary N) is 1. The van der Waals surface area contributed by atoms with Gasteiger partial charge in [0.1, 0.15) is 0 Å². The average Bonchev–Trinajstić information content (AvgIpc) is 2.50. The smallest absolute Gasteiger partial charge is 0.292 e. The first kappa shape index (κ1) is 28.1. The molecule has 1 saturated heterocycles. The normalized spacial score (nSPS) is 19.5. The number of alkyl halides is 9. The fraction of sp³-hybridized carbons (Fsp3) is 1.00. The quantitative estimate of drug-likeness (QED) is 0.438. The van der Waals surface area contributed by atoms with Crippen molar-refractivity contribution >= 4 is 30.1 Å². The molecule has 31 heavy (non-hydrogen) atoms. The van der Waals surface area contributed by atoms with Gasteiger partial charge in [0, 0.05) is 26.2 Å². The average molecular weight is 539 g/mol. The van der Waals surface area contributed by atoms with E-state index in [0.29, 0.717) is 4.90 Å². The summed E-state index contributed by atoms with van der Waals surface area (Å²) >= 11 is 0. The van der Waals surface area contributed by atoms with Crippen LogP contribution in [0.1, 0.15) is 0 Å². The lowest BCUT2D eigenvalue weighted by Gasteiger charge is -2.38. The van der Waals surface area contributed by atoms with Gasteiger partial charge in [-0.1, -0.05) is 0 Å². The van der Waals surface area contributed by atoms with Crippen LogP contribution >= 0.6 is 0 Å². The Kier molecular flexibility index (Phi) is 7.40. The minimum atomic E-state index is -7.20. The molecule has 9 nitrogen and oxygen atoms in total. The Labute approximate surface area is 170 Å². The van der Waals surface area contributed by atoms with Crippen LogP contribution in [0.15, 0.2) is 0 Å². The molecule has 1 aliphatic heterocycles. The predicted molar refractivity (Wildman–Crippen MR) is 84.7 cm³/mol. The number of sulfonamides is 3. The summed E-state index contributed by atoms with van der Waals surface area (Å²) in [6.45, 7) is -5.83. The van der Waals surface area contributed by atoms with Crippen LogP contribution in [0.3, 0.4) is 0 Å². The van der Waals surface area contributed by atoms with Crippen molar-refractivity contribution in [2.45, 2.75) is 22.6 Å². The third kappa shape index (κ3) is 5.54. The molecule has 0 aromatic carbocycles. The molecule has 0 radical (unpaired) electrons. The molecule has 0 aromatic rings. The van der Waals surface area contributed by atoms with E-state index in [1.807, 2.05) is 0 Å². The van der Waals surface area contributed by atoms with Crippen molar-refractivity contribution in [1.29, 1.82) is 0 Å². The Bertz CT molecular complexity index is 986. The van der Waals surface area contributed by atoms with Crippen LogP contribution in [0, 0.1) is 0 Å². The third-order valence-electron chi connectivity index (χ3n) is 3.73. The van der Waals surface area contributed by atoms with E-state index >= 15 is 0 Å². The van der Waals surface area contributed by atoms with Crippen LogP contribution in [0.25, 0.3) is 0 Å². The molecule has 1 aliphatic rings. The van der Waals surface area contributed by atoms with Crippen molar-refractivity contribution in [3.05, 3.63) is 0 Å². The fourth-order valence-electron chi connectivity index (χ4n) is 2.30. The molecule has 0 bridgehead atoms. The summed E-state index contributed by atoms with van der Waals surface area (Å²) in [5, 5.41) is -13.8. The predicted octanol–water partition coefficient (Wildman–Crippen LogP) is 0.196. The molecule has 0 atom stereocenters. The van der Waals surface area contributed by atoms with Crippen LogP contribution in [0.2, 0.25) is 0 Å². The fourth-order valence-corrected chi connectivity index (χ4v) is 6.26. The van der Waals surface area contributed by atoms with E-state index in [9.17, 15) is 64.8 Å². The summed E-state index contributed by atoms with van der Waals surface area (Å²) in [7, 11) is -19.1. The zero-order valence-electron chi connectivity index (χ0n) is 15.0. The number of rotatable bonds is 8. The Hall–Kier alpha value is -0.900. The first-order chi connectivity index (χ1) is 13.4. The summed E-state index contributed by atoms with van der Waals surface area (Å²) in [5.74, 6) is -7.20. The largest absolute Gasteiger partial charge is 0.429 e. The van der Waals surface area contributed by atoms with E-state index in [4.69, 9.17) is 0 Å². The number of piperazine rings is 1. The molecule has 0 aliphatic carbocycles. The lowest BCUT2D eigenvalue weighted by atomic mass is 10.3. The van der Waals surface area contributed by atoms with Gasteiger partial charge >= 0.3 is 22.6 Å². The molecule has 186 valence electrons. The Morgan fingerprint density at radius 3 is 1.52 bits per heavy atom. The molecule has 0 unspecified atom stereocenters. The van der Waals surface area contributed by atoms with Crippen LogP contribution in [0.4, 0.5) is 39.5 Å². The molecule has 0 amide bonds. The van der Waals surface area contributed by atoms with Crippen molar-refractivity contribution in [3.8, 4) is 0 Å². The van der Waals surface area contributed by atoms with E-state index in [0.717, 1.165) is 0 Å². The molecule has 1 N–H and O–H groups in total. The summed E-state index contributed by atoms with van der Waals surface area (Å²) in [6, 6.07) is 0. The van der Waals surface area contributed by atoms with Gasteiger partial charge in [0.25, 0.3) is 20.0 Å². The molecule has 1 fully saturated rings. The number of hydrogen-bond acceptors (Lipinski definition) is 7. The number of hydrogen-bond donors (Lipinski definition) is 1. The first-order valence-electron chi connectivity index (χ1n) is 7.54. The monoisotopic (exact) mass is 539 g/mol. The highest BCUT2D eigenvalue weighted by Crippen LogP contribution is 2.51. The lowest BCUT2D eigenvalue weighted by molar-refractivity contribution is -0.245. The maximum atomic E-state index is 14.1. The van der Waals surface area contributed by atoms with Gasteiger partial charge in [0.05, 0.1) is 12.8 Å². The zero-order chi connectivity index (χ0) is 24.9. The minimum Gasteiger partial charge on any atom is -0.292 e. The summed E-state index contributed by atoms with van der Waals surface area (Å²) in [5.41, 5.74) is 0. The van der Waals surface area contributed by atoms with Crippen LogP contribution in [0.5, 0.6) is 0 Å². The molecular formula is C10H14F9N3O6S3. The van der Waals surface area contributed by atoms with Gasteiger partial charge in [-0.15, -0.1) is 4.13 Å². The van der Waals surface area contributed by atoms with Crippen molar-refractivity contribution in [1.82, 2.24) is 13.3 Å². The second-order valence-corrected chi connectivity index (χ2v) is 12.0. The van der Waals surface area contributed by atoms with Gasteiger partial charge < -0.3 is 0 Å². The van der Waals surface area contributed by atoms with Gasteiger partial charge in [-0.2, -0.15) is 43.8 Å².